The van der Waals surface area contributed by atoms with Gasteiger partial charge in [0.25, 0.3) is 0 Å². The van der Waals surface area contributed by atoms with Crippen LogP contribution in [0.15, 0.2) is 72.9 Å². The average Bonchev–Trinajstić information content (AvgIpc) is 3.15. The monoisotopic (exact) mass is 388 g/mol. The van der Waals surface area contributed by atoms with Crippen molar-refractivity contribution in [3.05, 3.63) is 78.5 Å². The van der Waals surface area contributed by atoms with Gasteiger partial charge in [-0.3, -0.25) is 9.59 Å². The number of nitrogens with one attached hydrogen (secondary N) is 2. The number of carbonyl (C=O) groups excluding carboxylic acids is 2. The van der Waals surface area contributed by atoms with Gasteiger partial charge in [0.2, 0.25) is 0 Å². The molecule has 0 bridgehead atoms. The number of benzene rings is 2. The molecular formula is C19H15F3N4O2. The third-order valence-corrected chi connectivity index (χ3v) is 3.79. The first-order chi connectivity index (χ1) is 13.3. The summed E-state index contributed by atoms with van der Waals surface area (Å²) < 4.78 is 41.3. The zero-order chi connectivity index (χ0) is 20.1. The average molecular weight is 388 g/mol. The van der Waals surface area contributed by atoms with Crippen LogP contribution in [0.5, 0.6) is 0 Å². The number of hydrogen-bond donors (Lipinski definition) is 2. The number of anilines is 1. The van der Waals surface area contributed by atoms with Crippen molar-refractivity contribution < 1.29 is 22.8 Å². The molecule has 1 aromatic heterocycles. The molecule has 6 nitrogen and oxygen atoms in total. The van der Waals surface area contributed by atoms with Crippen LogP contribution in [0.4, 0.5) is 19.0 Å². The Balaban J connectivity index is 1.69. The van der Waals surface area contributed by atoms with Crippen LogP contribution in [-0.2, 0) is 9.59 Å². The second kappa shape index (κ2) is 7.95. The van der Waals surface area contributed by atoms with E-state index in [9.17, 15) is 22.8 Å². The Morgan fingerprint density at radius 3 is 2.11 bits per heavy atom. The van der Waals surface area contributed by atoms with Crippen LogP contribution in [0.3, 0.4) is 0 Å². The molecule has 0 fully saturated rings. The molecule has 1 heterocycles. The number of aromatic nitrogens is 2. The van der Waals surface area contributed by atoms with Crippen LogP contribution < -0.4 is 10.6 Å². The van der Waals surface area contributed by atoms with Crippen molar-refractivity contribution in [3.8, 4) is 5.69 Å². The topological polar surface area (TPSA) is 76.0 Å². The van der Waals surface area contributed by atoms with Gasteiger partial charge >= 0.3 is 18.0 Å². The summed E-state index contributed by atoms with van der Waals surface area (Å²) in [6.07, 6.45) is -3.21. The quantitative estimate of drug-likeness (QED) is 0.674. The molecule has 0 saturated heterocycles. The Hall–Kier alpha value is -3.62. The van der Waals surface area contributed by atoms with Crippen LogP contribution in [0.1, 0.15) is 11.6 Å². The summed E-state index contributed by atoms with van der Waals surface area (Å²) in [6, 6.07) is 14.9. The predicted octanol–water partition coefficient (Wildman–Crippen LogP) is 3.23. The molecule has 0 aliphatic heterocycles. The maximum Gasteiger partial charge on any atom is 0.412 e. The van der Waals surface area contributed by atoms with E-state index in [2.05, 4.69) is 10.4 Å². The van der Waals surface area contributed by atoms with Crippen LogP contribution >= 0.6 is 0 Å². The van der Waals surface area contributed by atoms with Crippen LogP contribution in [0.2, 0.25) is 0 Å². The SMILES string of the molecule is O=C(Nc1ccn(-c2ccccc2)n1)C(=O)N[C@@H](c1ccccc1)C(F)(F)F. The molecule has 28 heavy (non-hydrogen) atoms. The van der Waals surface area contributed by atoms with E-state index in [0.717, 1.165) is 0 Å². The highest BCUT2D eigenvalue weighted by atomic mass is 19.4. The van der Waals surface area contributed by atoms with E-state index in [1.54, 1.807) is 41.8 Å². The van der Waals surface area contributed by atoms with Crippen molar-refractivity contribution in [2.24, 2.45) is 0 Å². The Bertz CT molecular complexity index is 956. The van der Waals surface area contributed by atoms with Crippen LogP contribution in [0, 0.1) is 0 Å². The molecule has 0 aliphatic rings. The van der Waals surface area contributed by atoms with Gasteiger partial charge in [0.15, 0.2) is 11.9 Å². The lowest BCUT2D eigenvalue weighted by atomic mass is 10.1. The standard InChI is InChI=1S/C19H15F3N4O2/c20-19(21,22)16(13-7-3-1-4-8-13)24-18(28)17(27)23-15-11-12-26(25-15)14-9-5-2-6-10-14/h1-12,16H,(H,24,28)(H,23,25,27)/t16-/m0/s1. The molecule has 2 N–H and O–H groups in total. The largest absolute Gasteiger partial charge is 0.412 e. The van der Waals surface area contributed by atoms with Gasteiger partial charge < -0.3 is 10.6 Å². The number of alkyl halides is 3. The minimum absolute atomic E-state index is 0.0345. The lowest BCUT2D eigenvalue weighted by molar-refractivity contribution is -0.164. The van der Waals surface area contributed by atoms with Gasteiger partial charge in [-0.2, -0.15) is 18.3 Å². The number of para-hydroxylation sites is 1. The van der Waals surface area contributed by atoms with Gasteiger partial charge in [0.1, 0.15) is 0 Å². The summed E-state index contributed by atoms with van der Waals surface area (Å²) in [5.41, 5.74) is 0.540. The molecule has 1 atom stereocenters. The van der Waals surface area contributed by atoms with Crippen molar-refractivity contribution in [1.82, 2.24) is 15.1 Å². The summed E-state index contributed by atoms with van der Waals surface area (Å²) in [5.74, 6) is -2.63. The van der Waals surface area contributed by atoms with E-state index in [1.807, 2.05) is 6.07 Å². The molecule has 0 spiro atoms. The van der Waals surface area contributed by atoms with Gasteiger partial charge in [0.05, 0.1) is 5.69 Å². The molecule has 2 aromatic carbocycles. The molecule has 9 heteroatoms. The molecule has 0 aliphatic carbocycles. The Morgan fingerprint density at radius 1 is 0.893 bits per heavy atom. The van der Waals surface area contributed by atoms with Gasteiger partial charge in [0, 0.05) is 12.3 Å². The highest BCUT2D eigenvalue weighted by Crippen LogP contribution is 2.32. The fourth-order valence-electron chi connectivity index (χ4n) is 2.48. The Kier molecular flexibility index (Phi) is 5.44. The number of nitrogens with zero attached hydrogens (tertiary/aromatic N) is 2. The molecule has 0 saturated carbocycles. The van der Waals surface area contributed by atoms with Crippen LogP contribution in [0.25, 0.3) is 5.69 Å². The van der Waals surface area contributed by atoms with Crippen molar-refractivity contribution in [3.63, 3.8) is 0 Å². The molecule has 0 unspecified atom stereocenters. The smallest absolute Gasteiger partial charge is 0.332 e. The molecule has 3 aromatic rings. The minimum atomic E-state index is -4.76. The fourth-order valence-corrected chi connectivity index (χ4v) is 2.48. The van der Waals surface area contributed by atoms with Gasteiger partial charge in [-0.05, 0) is 17.7 Å². The van der Waals surface area contributed by atoms with Crippen molar-refractivity contribution in [2.75, 3.05) is 5.32 Å². The van der Waals surface area contributed by atoms with Crippen molar-refractivity contribution in [1.29, 1.82) is 0 Å². The van der Waals surface area contributed by atoms with E-state index >= 15 is 0 Å². The number of amides is 2. The number of carbonyl (C=O) groups is 2. The fraction of sp³-hybridized carbons (Fsp3) is 0.105. The zero-order valence-electron chi connectivity index (χ0n) is 14.4. The predicted molar refractivity (Wildman–Crippen MR) is 95.6 cm³/mol. The maximum atomic E-state index is 13.3. The summed E-state index contributed by atoms with van der Waals surface area (Å²) in [7, 11) is 0. The summed E-state index contributed by atoms with van der Waals surface area (Å²) in [6.45, 7) is 0. The minimum Gasteiger partial charge on any atom is -0.332 e. The van der Waals surface area contributed by atoms with E-state index in [1.165, 1.54) is 35.0 Å². The zero-order valence-corrected chi connectivity index (χ0v) is 14.4. The first-order valence-electron chi connectivity index (χ1n) is 8.19. The maximum absolute atomic E-state index is 13.3. The number of halogens is 3. The second-order valence-corrected chi connectivity index (χ2v) is 5.79. The lowest BCUT2D eigenvalue weighted by Gasteiger charge is -2.21. The first-order valence-corrected chi connectivity index (χ1v) is 8.19. The van der Waals surface area contributed by atoms with E-state index in [0.29, 0.717) is 5.69 Å². The number of hydrogen-bond acceptors (Lipinski definition) is 3. The third-order valence-electron chi connectivity index (χ3n) is 3.79. The highest BCUT2D eigenvalue weighted by molar-refractivity contribution is 6.39. The van der Waals surface area contributed by atoms with Gasteiger partial charge in [-0.25, -0.2) is 4.68 Å². The van der Waals surface area contributed by atoms with E-state index in [-0.39, 0.29) is 11.4 Å². The molecule has 0 radical (unpaired) electrons. The van der Waals surface area contributed by atoms with E-state index in [4.69, 9.17) is 0 Å². The number of rotatable bonds is 4. The molecule has 3 rings (SSSR count). The Labute approximate surface area is 158 Å². The van der Waals surface area contributed by atoms with Crippen molar-refractivity contribution in [2.45, 2.75) is 12.2 Å². The first kappa shape index (κ1) is 19.2. The second-order valence-electron chi connectivity index (χ2n) is 5.79. The summed E-state index contributed by atoms with van der Waals surface area (Å²) in [5, 5.41) is 7.98. The van der Waals surface area contributed by atoms with E-state index < -0.39 is 24.0 Å². The summed E-state index contributed by atoms with van der Waals surface area (Å²) >= 11 is 0. The third kappa shape index (κ3) is 4.56. The highest BCUT2D eigenvalue weighted by Gasteiger charge is 2.42. The van der Waals surface area contributed by atoms with Crippen molar-refractivity contribution >= 4 is 17.6 Å². The Morgan fingerprint density at radius 2 is 1.50 bits per heavy atom. The lowest BCUT2D eigenvalue weighted by Crippen LogP contribution is -2.43. The summed E-state index contributed by atoms with van der Waals surface area (Å²) in [4.78, 5) is 24.0. The van der Waals surface area contributed by atoms with Crippen LogP contribution in [-0.4, -0.2) is 27.8 Å². The normalized spacial score (nSPS) is 12.2. The van der Waals surface area contributed by atoms with Gasteiger partial charge in [-0.15, -0.1) is 0 Å². The molecule has 144 valence electrons. The van der Waals surface area contributed by atoms with Gasteiger partial charge in [-0.1, -0.05) is 48.5 Å². The molecule has 2 amide bonds. The molecular weight excluding hydrogens is 373 g/mol.